The molecule has 4 aromatic rings. The van der Waals surface area contributed by atoms with Gasteiger partial charge in [0.25, 0.3) is 5.91 Å². The Morgan fingerprint density at radius 1 is 0.977 bits per heavy atom. The van der Waals surface area contributed by atoms with Gasteiger partial charge in [-0.1, -0.05) is 36.4 Å². The van der Waals surface area contributed by atoms with Crippen molar-refractivity contribution in [1.82, 2.24) is 5.01 Å². The van der Waals surface area contributed by atoms with Crippen LogP contribution in [-0.4, -0.2) is 43.4 Å². The highest BCUT2D eigenvalue weighted by molar-refractivity contribution is 6.08. The normalized spacial score (nSPS) is 18.7. The summed E-state index contributed by atoms with van der Waals surface area (Å²) in [7, 11) is 3.23. The summed E-state index contributed by atoms with van der Waals surface area (Å²) in [5.41, 5.74) is 3.37. The van der Waals surface area contributed by atoms with Crippen LogP contribution in [0.25, 0.3) is 17.0 Å². The molecule has 6 rings (SSSR count). The van der Waals surface area contributed by atoms with Crippen LogP contribution >= 0.6 is 0 Å². The number of rotatable bonds is 7. The number of para-hydroxylation sites is 1. The quantitative estimate of drug-likeness (QED) is 0.256. The number of hydrazone groups is 1. The van der Waals surface area contributed by atoms with Crippen LogP contribution in [0.1, 0.15) is 46.8 Å². The van der Waals surface area contributed by atoms with Crippen LogP contribution in [0.2, 0.25) is 0 Å². The molecular formula is C34H30N2O7. The molecule has 1 aliphatic heterocycles. The van der Waals surface area contributed by atoms with E-state index in [4.69, 9.17) is 23.7 Å². The molecule has 0 spiro atoms. The van der Waals surface area contributed by atoms with E-state index in [9.17, 15) is 14.4 Å². The highest BCUT2D eigenvalue weighted by Crippen LogP contribution is 2.44. The van der Waals surface area contributed by atoms with Gasteiger partial charge in [0.2, 0.25) is 5.43 Å². The van der Waals surface area contributed by atoms with Gasteiger partial charge in [0.1, 0.15) is 28.9 Å². The van der Waals surface area contributed by atoms with Crippen molar-refractivity contribution in [2.24, 2.45) is 11.0 Å². The molecule has 2 aliphatic rings. The van der Waals surface area contributed by atoms with Crippen LogP contribution in [0, 0.1) is 5.92 Å². The van der Waals surface area contributed by atoms with E-state index in [1.807, 2.05) is 48.5 Å². The van der Waals surface area contributed by atoms with E-state index in [-0.39, 0.29) is 16.9 Å². The number of amides is 1. The van der Waals surface area contributed by atoms with Gasteiger partial charge in [-0.05, 0) is 78.4 Å². The first-order chi connectivity index (χ1) is 21.0. The molecule has 9 heteroatoms. The minimum absolute atomic E-state index is 0.0428. The summed E-state index contributed by atoms with van der Waals surface area (Å²) in [5.74, 6) is 0.00366. The molecule has 1 saturated carbocycles. The van der Waals surface area contributed by atoms with Gasteiger partial charge in [-0.3, -0.25) is 9.59 Å². The zero-order valence-corrected chi connectivity index (χ0v) is 23.8. The number of ether oxygens (including phenoxy) is 3. The first-order valence-corrected chi connectivity index (χ1v) is 14.0. The number of carbonyl (C=O) groups is 2. The molecule has 1 amide bonds. The minimum Gasteiger partial charge on any atom is -0.497 e. The van der Waals surface area contributed by atoms with E-state index in [0.717, 1.165) is 53.7 Å². The third kappa shape index (κ3) is 5.53. The Bertz CT molecular complexity index is 1790. The first-order valence-electron chi connectivity index (χ1n) is 14.0. The lowest BCUT2D eigenvalue weighted by atomic mass is 9.77. The fourth-order valence-corrected chi connectivity index (χ4v) is 5.73. The average Bonchev–Trinajstić information content (AvgIpc) is 3.45. The second-order valence-corrected chi connectivity index (χ2v) is 10.4. The maximum absolute atomic E-state index is 13.6. The topological polar surface area (TPSA) is 108 Å². The van der Waals surface area contributed by atoms with Gasteiger partial charge < -0.3 is 18.6 Å². The molecule has 2 unspecified atom stereocenters. The van der Waals surface area contributed by atoms with E-state index < -0.39 is 30.0 Å². The van der Waals surface area contributed by atoms with Crippen LogP contribution in [0.15, 0.2) is 98.9 Å². The van der Waals surface area contributed by atoms with Crippen molar-refractivity contribution in [2.75, 3.05) is 20.8 Å². The maximum atomic E-state index is 13.6. The number of fused-ring (bicyclic) bond motifs is 2. The standard InChI is InChI=1S/C34H30N2O7/c1-40-24-14-10-21(11-15-24)18-23-6-5-8-27-31(23)35-36(32(27)22-12-16-25(41-2)17-13-22)30(37)20-43-34(39)28-19-42-29-9-4-3-7-26(29)33(28)38/h3-4,7,9-19,27,32H,5-6,8,20H2,1-2H3. The second-order valence-electron chi connectivity index (χ2n) is 10.4. The van der Waals surface area contributed by atoms with Crippen molar-refractivity contribution >= 4 is 34.6 Å². The predicted octanol–water partition coefficient (Wildman–Crippen LogP) is 5.79. The van der Waals surface area contributed by atoms with Crippen molar-refractivity contribution in [1.29, 1.82) is 0 Å². The van der Waals surface area contributed by atoms with Crippen LogP contribution in [-0.2, 0) is 9.53 Å². The summed E-state index contributed by atoms with van der Waals surface area (Å²) in [4.78, 5) is 39.4. The van der Waals surface area contributed by atoms with Gasteiger partial charge in [-0.2, -0.15) is 5.10 Å². The SMILES string of the molecule is COc1ccc(C=C2CCCC3C2=NN(C(=O)COC(=O)c2coc4ccccc4c2=O)C3c2ccc(OC)cc2)cc1. The summed E-state index contributed by atoms with van der Waals surface area (Å²) in [6.45, 7) is -0.585. The second kappa shape index (κ2) is 12.0. The van der Waals surface area contributed by atoms with Gasteiger partial charge in [0, 0.05) is 5.92 Å². The number of hydrogen-bond acceptors (Lipinski definition) is 8. The summed E-state index contributed by atoms with van der Waals surface area (Å²) >= 11 is 0. The highest BCUT2D eigenvalue weighted by atomic mass is 16.5. The maximum Gasteiger partial charge on any atom is 0.345 e. The Balaban J connectivity index is 1.28. The highest BCUT2D eigenvalue weighted by Gasteiger charge is 2.44. The lowest BCUT2D eigenvalue weighted by Gasteiger charge is -2.29. The zero-order valence-electron chi connectivity index (χ0n) is 23.8. The van der Waals surface area contributed by atoms with E-state index in [1.165, 1.54) is 5.01 Å². The Labute approximate surface area is 248 Å². The van der Waals surface area contributed by atoms with Gasteiger partial charge in [-0.15, -0.1) is 0 Å². The summed E-state index contributed by atoms with van der Waals surface area (Å²) in [5, 5.41) is 6.52. The van der Waals surface area contributed by atoms with Crippen molar-refractivity contribution in [3.8, 4) is 11.5 Å². The number of methoxy groups -OCH3 is 2. The van der Waals surface area contributed by atoms with Crippen molar-refractivity contribution in [3.63, 3.8) is 0 Å². The zero-order chi connectivity index (χ0) is 29.9. The predicted molar refractivity (Wildman–Crippen MR) is 161 cm³/mol. The largest absolute Gasteiger partial charge is 0.497 e. The summed E-state index contributed by atoms with van der Waals surface area (Å²) in [6.07, 6.45) is 5.77. The van der Waals surface area contributed by atoms with Crippen LogP contribution < -0.4 is 14.9 Å². The Hall–Kier alpha value is -5.18. The van der Waals surface area contributed by atoms with E-state index >= 15 is 0 Å². The average molecular weight is 579 g/mol. The molecule has 2 atom stereocenters. The molecule has 0 N–H and O–H groups in total. The Morgan fingerprint density at radius 2 is 1.67 bits per heavy atom. The number of allylic oxidation sites excluding steroid dienone is 1. The smallest absolute Gasteiger partial charge is 0.345 e. The number of esters is 1. The molecule has 0 saturated heterocycles. The number of nitrogens with zero attached hydrogens (tertiary/aromatic N) is 2. The molecule has 1 fully saturated rings. The molecule has 9 nitrogen and oxygen atoms in total. The lowest BCUT2D eigenvalue weighted by Crippen LogP contribution is -2.34. The molecular weight excluding hydrogens is 548 g/mol. The summed E-state index contributed by atoms with van der Waals surface area (Å²) in [6, 6.07) is 21.6. The van der Waals surface area contributed by atoms with Crippen molar-refractivity contribution < 1.29 is 28.2 Å². The van der Waals surface area contributed by atoms with Gasteiger partial charge in [0.15, 0.2) is 6.61 Å². The summed E-state index contributed by atoms with van der Waals surface area (Å²) < 4.78 is 21.4. The molecule has 0 bridgehead atoms. The van der Waals surface area contributed by atoms with Crippen LogP contribution in [0.4, 0.5) is 0 Å². The first kappa shape index (κ1) is 28.0. The number of hydrogen-bond donors (Lipinski definition) is 0. The molecule has 218 valence electrons. The molecule has 0 radical (unpaired) electrons. The molecule has 1 aliphatic carbocycles. The Morgan fingerprint density at radius 3 is 2.40 bits per heavy atom. The molecule has 3 aromatic carbocycles. The Kier molecular flexibility index (Phi) is 7.79. The van der Waals surface area contributed by atoms with Gasteiger partial charge in [0.05, 0.1) is 31.4 Å². The third-order valence-corrected chi connectivity index (χ3v) is 7.90. The lowest BCUT2D eigenvalue weighted by molar-refractivity contribution is -0.137. The fourth-order valence-electron chi connectivity index (χ4n) is 5.73. The van der Waals surface area contributed by atoms with E-state index in [0.29, 0.717) is 11.3 Å². The van der Waals surface area contributed by atoms with Crippen LogP contribution in [0.3, 0.4) is 0 Å². The van der Waals surface area contributed by atoms with Crippen LogP contribution in [0.5, 0.6) is 11.5 Å². The third-order valence-electron chi connectivity index (χ3n) is 7.90. The fraction of sp³-hybridized carbons (Fsp3) is 0.235. The number of benzene rings is 3. The molecule has 1 aromatic heterocycles. The van der Waals surface area contributed by atoms with E-state index in [2.05, 4.69) is 6.08 Å². The minimum atomic E-state index is -0.932. The van der Waals surface area contributed by atoms with E-state index in [1.54, 1.807) is 38.5 Å². The number of carbonyl (C=O) groups excluding carboxylic acids is 2. The molecule has 2 heterocycles. The van der Waals surface area contributed by atoms with Gasteiger partial charge in [-0.25, -0.2) is 9.80 Å². The molecule has 43 heavy (non-hydrogen) atoms. The van der Waals surface area contributed by atoms with Crippen molar-refractivity contribution in [3.05, 3.63) is 112 Å². The van der Waals surface area contributed by atoms with Crippen molar-refractivity contribution in [2.45, 2.75) is 25.3 Å². The van der Waals surface area contributed by atoms with Gasteiger partial charge >= 0.3 is 5.97 Å². The monoisotopic (exact) mass is 578 g/mol.